The summed E-state index contributed by atoms with van der Waals surface area (Å²) in [4.78, 5) is 36.2. The second-order valence-electron chi connectivity index (χ2n) is 19.9. The first-order valence-electron chi connectivity index (χ1n) is 22.3. The molecular formula is C45H73N3O4. The van der Waals surface area contributed by atoms with Crippen molar-refractivity contribution in [3.05, 3.63) is 11.6 Å². The van der Waals surface area contributed by atoms with Gasteiger partial charge in [-0.3, -0.25) is 14.6 Å². The number of aldehydes is 1. The number of likely N-dealkylation sites (tertiary alicyclic amines) is 2. The zero-order valence-corrected chi connectivity index (χ0v) is 33.6. The molecule has 3 saturated heterocycles. The molecule has 52 heavy (non-hydrogen) atoms. The molecule has 1 N–H and O–H groups in total. The van der Waals surface area contributed by atoms with E-state index >= 15 is 0 Å². The third-order valence-corrected chi connectivity index (χ3v) is 17.7. The Morgan fingerprint density at radius 2 is 1.77 bits per heavy atom. The average Bonchev–Trinajstić information content (AvgIpc) is 3.95. The van der Waals surface area contributed by atoms with Gasteiger partial charge in [0, 0.05) is 37.1 Å². The van der Waals surface area contributed by atoms with Crippen LogP contribution in [0.5, 0.6) is 0 Å². The van der Waals surface area contributed by atoms with Crippen molar-refractivity contribution in [2.24, 2.45) is 57.7 Å². The summed E-state index contributed by atoms with van der Waals surface area (Å²) >= 11 is 0. The maximum atomic E-state index is 14.3. The molecule has 0 radical (unpaired) electrons. The van der Waals surface area contributed by atoms with Gasteiger partial charge in [-0.15, -0.1) is 0 Å². The number of aliphatic carboxylic acids is 1. The number of allylic oxidation sites excluding steroid dienone is 1. The fraction of sp³-hybridized carbons (Fsp3) is 0.911. The number of likely N-dealkylation sites (N-methyl/N-ethyl adjacent to an activating group) is 1. The normalized spacial score (nSPS) is 45.3. The zero-order valence-electron chi connectivity index (χ0n) is 33.6. The van der Waals surface area contributed by atoms with Crippen LogP contribution in [0.4, 0.5) is 0 Å². The van der Waals surface area contributed by atoms with Gasteiger partial charge in [-0.1, -0.05) is 84.3 Å². The Bertz CT molecular complexity index is 1350. The van der Waals surface area contributed by atoms with Crippen molar-refractivity contribution in [3.8, 4) is 0 Å². The predicted molar refractivity (Wildman–Crippen MR) is 207 cm³/mol. The molecule has 4 saturated carbocycles. The molecule has 8 aliphatic rings. The molecular weight excluding hydrogens is 647 g/mol. The summed E-state index contributed by atoms with van der Waals surface area (Å²) in [7, 11) is 2.33. The molecule has 7 fully saturated rings. The van der Waals surface area contributed by atoms with E-state index in [4.69, 9.17) is 4.74 Å². The van der Waals surface area contributed by atoms with Crippen molar-refractivity contribution in [1.29, 1.82) is 0 Å². The summed E-state index contributed by atoms with van der Waals surface area (Å²) in [5.74, 6) is 1.72. The van der Waals surface area contributed by atoms with Crippen LogP contribution < -0.4 is 0 Å². The molecule has 5 aliphatic carbocycles. The van der Waals surface area contributed by atoms with Crippen LogP contribution in [0.15, 0.2) is 11.6 Å². The second-order valence-corrected chi connectivity index (χ2v) is 19.9. The molecule has 3 heterocycles. The Morgan fingerprint density at radius 3 is 2.46 bits per heavy atom. The van der Waals surface area contributed by atoms with Crippen molar-refractivity contribution in [1.82, 2.24) is 14.7 Å². The summed E-state index contributed by atoms with van der Waals surface area (Å²) in [5.41, 5.74) is -1.45. The maximum absolute atomic E-state index is 14.3. The predicted octanol–water partition coefficient (Wildman–Crippen LogP) is 7.93. The summed E-state index contributed by atoms with van der Waals surface area (Å²) in [6.07, 6.45) is 22.9. The first-order valence-corrected chi connectivity index (χ1v) is 22.3. The number of fused-ring (bicyclic) bond motifs is 2. The van der Waals surface area contributed by atoms with Crippen molar-refractivity contribution in [2.45, 2.75) is 155 Å². The van der Waals surface area contributed by atoms with Crippen LogP contribution in [0.3, 0.4) is 0 Å². The molecule has 0 aromatic carbocycles. The van der Waals surface area contributed by atoms with E-state index < -0.39 is 22.2 Å². The van der Waals surface area contributed by atoms with E-state index in [0.29, 0.717) is 36.1 Å². The van der Waals surface area contributed by atoms with Crippen molar-refractivity contribution in [2.75, 3.05) is 46.3 Å². The zero-order chi connectivity index (χ0) is 36.4. The number of hydrogen-bond donors (Lipinski definition) is 1. The Morgan fingerprint density at radius 1 is 1.00 bits per heavy atom. The van der Waals surface area contributed by atoms with Crippen molar-refractivity contribution < 1.29 is 19.4 Å². The number of carbonyl (C=O) groups excluding carboxylic acids is 1. The highest BCUT2D eigenvalue weighted by atomic mass is 16.5. The van der Waals surface area contributed by atoms with Gasteiger partial charge in [-0.2, -0.15) is 0 Å². The molecule has 3 aliphatic heterocycles. The van der Waals surface area contributed by atoms with Gasteiger partial charge in [0.1, 0.15) is 11.7 Å². The molecule has 0 spiro atoms. The van der Waals surface area contributed by atoms with Crippen LogP contribution in [0.25, 0.3) is 0 Å². The van der Waals surface area contributed by atoms with E-state index in [1.165, 1.54) is 90.0 Å². The Labute approximate surface area is 316 Å². The van der Waals surface area contributed by atoms with E-state index in [1.807, 2.05) is 0 Å². The highest BCUT2D eigenvalue weighted by molar-refractivity contribution is 5.90. The van der Waals surface area contributed by atoms with Crippen molar-refractivity contribution in [3.63, 3.8) is 0 Å². The van der Waals surface area contributed by atoms with Gasteiger partial charge < -0.3 is 19.5 Å². The molecule has 292 valence electrons. The standard InChI is InChI=1S/C45H73N3O4/c1-6-47(21-22-48-20-11-10-15-35(48)24-34-16-12-19-46(34)5)28-40-36(32-13-8-7-9-14-32)25-41(52-40)44-27-37-31(4)17-18-38(37)43(29-49)26-33(44)23-39(30(2)3)45(43,44)42(50)51/h23,29-38,40-41H,6-22,24-28H2,1-5H3,(H,50,51)/t31-,33?,34?,35?,36?,37-,38-,40+,41-,43?,44?,45+/m1/s1. The number of hydrogen-bond acceptors (Lipinski definition) is 6. The summed E-state index contributed by atoms with van der Waals surface area (Å²) in [6, 6.07) is 1.45. The topological polar surface area (TPSA) is 73.3 Å². The van der Waals surface area contributed by atoms with Gasteiger partial charge >= 0.3 is 5.97 Å². The number of ether oxygens (including phenoxy) is 1. The molecule has 7 nitrogen and oxygen atoms in total. The monoisotopic (exact) mass is 720 g/mol. The minimum Gasteiger partial charge on any atom is -0.481 e. The third kappa shape index (κ3) is 5.60. The molecule has 7 heteroatoms. The molecule has 4 bridgehead atoms. The van der Waals surface area contributed by atoms with Crippen LogP contribution in [0.1, 0.15) is 130 Å². The maximum Gasteiger partial charge on any atom is 0.315 e. The van der Waals surface area contributed by atoms with E-state index in [1.54, 1.807) is 0 Å². The van der Waals surface area contributed by atoms with Crippen molar-refractivity contribution >= 4 is 12.3 Å². The summed E-state index contributed by atoms with van der Waals surface area (Å²) in [6.45, 7) is 15.7. The first-order chi connectivity index (χ1) is 25.1. The lowest BCUT2D eigenvalue weighted by Crippen LogP contribution is -2.65. The SMILES string of the molecule is CCN(CCN1CCCCC1CC1CCCN1C)C[C@@H]1O[C@@H](C23C[C@@H]4[C@H](C)CC[C@H]4C4(C=O)CC2C=C(C(C)C)[C@]43C(=O)O)CC1C1CCCCC1. The molecule has 0 aromatic heterocycles. The highest BCUT2D eigenvalue weighted by Crippen LogP contribution is 2.84. The van der Waals surface area contributed by atoms with E-state index in [9.17, 15) is 14.7 Å². The summed E-state index contributed by atoms with van der Waals surface area (Å²) in [5, 5.41) is 11.7. The van der Waals surface area contributed by atoms with E-state index in [-0.39, 0.29) is 30.0 Å². The van der Waals surface area contributed by atoms with Crippen LogP contribution in [0, 0.1) is 57.7 Å². The van der Waals surface area contributed by atoms with Gasteiger partial charge in [0.05, 0.1) is 17.6 Å². The van der Waals surface area contributed by atoms with Crippen LogP contribution >= 0.6 is 0 Å². The van der Waals surface area contributed by atoms with Gasteiger partial charge in [-0.05, 0) is 126 Å². The Balaban J connectivity index is 1.08. The highest BCUT2D eigenvalue weighted by Gasteiger charge is 2.86. The number of carboxylic acids is 1. The first kappa shape index (κ1) is 37.6. The van der Waals surface area contributed by atoms with Gasteiger partial charge in [0.25, 0.3) is 0 Å². The minimum absolute atomic E-state index is 0.102. The van der Waals surface area contributed by atoms with Crippen LogP contribution in [-0.4, -0.2) is 103 Å². The number of rotatable bonds is 13. The lowest BCUT2D eigenvalue weighted by molar-refractivity contribution is -0.197. The quantitative estimate of drug-likeness (QED) is 0.153. The lowest BCUT2D eigenvalue weighted by Gasteiger charge is -2.60. The number of nitrogens with zero attached hydrogens (tertiary/aromatic N) is 3. The molecule has 0 aromatic rings. The second kappa shape index (κ2) is 14.7. The average molecular weight is 720 g/mol. The molecule has 8 rings (SSSR count). The largest absolute Gasteiger partial charge is 0.481 e. The van der Waals surface area contributed by atoms with Crippen LogP contribution in [-0.2, 0) is 14.3 Å². The van der Waals surface area contributed by atoms with Gasteiger partial charge in [0.2, 0.25) is 0 Å². The van der Waals surface area contributed by atoms with E-state index in [0.717, 1.165) is 63.5 Å². The smallest absolute Gasteiger partial charge is 0.315 e. The van der Waals surface area contributed by atoms with Crippen LogP contribution in [0.2, 0.25) is 0 Å². The van der Waals surface area contributed by atoms with Gasteiger partial charge in [0.15, 0.2) is 0 Å². The molecule has 0 amide bonds. The van der Waals surface area contributed by atoms with E-state index in [2.05, 4.69) is 55.5 Å². The fourth-order valence-corrected chi connectivity index (χ4v) is 15.3. The van der Waals surface area contributed by atoms with Gasteiger partial charge in [-0.25, -0.2) is 0 Å². The molecule has 12 atom stereocenters. The lowest BCUT2D eigenvalue weighted by atomic mass is 9.41. The fourth-order valence-electron chi connectivity index (χ4n) is 15.3. The third-order valence-electron chi connectivity index (χ3n) is 17.7. The Kier molecular flexibility index (Phi) is 10.6. The molecule has 6 unspecified atom stereocenters. The Hall–Kier alpha value is -1.28. The number of carbonyl (C=O) groups is 2. The number of carboxylic acid groups (broad SMARTS) is 1. The number of piperidine rings is 1. The summed E-state index contributed by atoms with van der Waals surface area (Å²) < 4.78 is 7.62. The minimum atomic E-state index is -1.15.